The highest BCUT2D eigenvalue weighted by molar-refractivity contribution is 5.37. The van der Waals surface area contributed by atoms with Crippen LogP contribution in [0.3, 0.4) is 0 Å². The molecule has 1 saturated carbocycles. The van der Waals surface area contributed by atoms with Crippen molar-refractivity contribution in [2.24, 2.45) is 5.92 Å². The molecule has 8 aliphatic heterocycles. The maximum atomic E-state index is 13.5. The first-order valence-corrected chi connectivity index (χ1v) is 43.0. The number of nitrogens with zero attached hydrogens (tertiary/aromatic N) is 26. The first-order chi connectivity index (χ1) is 55.2. The van der Waals surface area contributed by atoms with Gasteiger partial charge in [0.15, 0.2) is 30.4 Å². The molecule has 1 fully saturated rings. The molecule has 0 bridgehead atoms. The zero-order valence-electron chi connectivity index (χ0n) is 72.7. The minimum Gasteiger partial charge on any atom is -0.372 e. The third kappa shape index (κ3) is 20.2. The topological polar surface area (TPSA) is 272 Å². The predicted octanol–water partition coefficient (Wildman–Crippen LogP) is 18.6. The quantitative estimate of drug-likeness (QED) is 0.121. The van der Waals surface area contributed by atoms with E-state index in [4.69, 9.17) is 4.74 Å². The molecule has 10 aromatic heterocycles. The highest BCUT2D eigenvalue weighted by Gasteiger charge is 2.47. The summed E-state index contributed by atoms with van der Waals surface area (Å²) in [5.74, 6) is 18.7. The average molecular weight is 1610 g/mol. The molecule has 6 atom stereocenters. The molecule has 0 spiro atoms. The molecule has 18 heterocycles. The molecule has 636 valence electrons. The van der Waals surface area contributed by atoms with Gasteiger partial charge in [-0.15, -0.1) is 81.6 Å². The fraction of sp³-hybridized carbons (Fsp3) is 0.726. The van der Waals surface area contributed by atoms with Gasteiger partial charge in [0.05, 0.1) is 6.61 Å². The summed E-state index contributed by atoms with van der Waals surface area (Å²) >= 11 is 0. The van der Waals surface area contributed by atoms with E-state index in [2.05, 4.69) is 201 Å². The molecule has 0 amide bonds. The van der Waals surface area contributed by atoms with Crippen molar-refractivity contribution >= 4 is 5.65 Å². The monoisotopic (exact) mass is 1610 g/mol. The molecular weight excluding hydrogens is 1480 g/mol. The van der Waals surface area contributed by atoms with E-state index >= 15 is 0 Å². The molecule has 0 aromatic carbocycles. The van der Waals surface area contributed by atoms with Crippen LogP contribution in [0, 0.1) is 5.92 Å². The molecule has 32 heteroatoms. The van der Waals surface area contributed by atoms with E-state index in [0.717, 1.165) is 151 Å². The summed E-state index contributed by atoms with van der Waals surface area (Å²) in [5.41, 5.74) is 2.60. The van der Waals surface area contributed by atoms with E-state index in [9.17, 15) is 22.0 Å². The van der Waals surface area contributed by atoms with Crippen molar-refractivity contribution in [3.8, 4) is 0 Å². The summed E-state index contributed by atoms with van der Waals surface area (Å²) in [7, 11) is 0. The fourth-order valence-corrected chi connectivity index (χ4v) is 16.6. The SMILES string of the molecule is CC(C)c1ncc2n1C1CC1C2.CC(C)c1nnc2ccccn12.CC(C)c1nnc2n1C(C)(C)CCC2.CC(C)c1nnc2n1C(F)(F)CCC2.CC(C)c1nnc2n1C(F)CCC2.CC(C)c1nnc2n1CCOC2.CC(C)c1nnc2n1[C@@H](C)CCC2.CC(C)c1nnc2n1[C@@H](F)CCC2.CC(C)c1nnc2n1[C@H](F)CCC2. The van der Waals surface area contributed by atoms with E-state index in [1.807, 2.05) is 84.2 Å². The van der Waals surface area contributed by atoms with E-state index in [0.29, 0.717) is 86.0 Å². The second-order valence-electron chi connectivity index (χ2n) is 35.7. The molecule has 0 saturated heterocycles. The van der Waals surface area contributed by atoms with Crippen LogP contribution in [-0.4, -0.2) is 134 Å². The predicted molar refractivity (Wildman–Crippen MR) is 435 cm³/mol. The highest BCUT2D eigenvalue weighted by atomic mass is 19.3. The number of imidazole rings is 1. The summed E-state index contributed by atoms with van der Waals surface area (Å²) in [5, 5.41) is 65.1. The zero-order chi connectivity index (χ0) is 83.8. The Morgan fingerprint density at radius 2 is 0.802 bits per heavy atom. The number of alkyl halides is 5. The van der Waals surface area contributed by atoms with Crippen LogP contribution in [0.25, 0.3) is 5.65 Å². The number of rotatable bonds is 9. The lowest BCUT2D eigenvalue weighted by molar-refractivity contribution is -0.103. The Morgan fingerprint density at radius 3 is 1.29 bits per heavy atom. The van der Waals surface area contributed by atoms with Gasteiger partial charge in [-0.05, 0) is 122 Å². The van der Waals surface area contributed by atoms with Crippen LogP contribution in [-0.2, 0) is 74.4 Å². The van der Waals surface area contributed by atoms with Crippen LogP contribution in [0.15, 0.2) is 30.6 Å². The third-order valence-corrected chi connectivity index (χ3v) is 22.6. The van der Waals surface area contributed by atoms with Crippen molar-refractivity contribution in [2.45, 2.75) is 383 Å². The Hall–Kier alpha value is -8.58. The lowest BCUT2D eigenvalue weighted by Crippen LogP contribution is -2.33. The van der Waals surface area contributed by atoms with Crippen molar-refractivity contribution < 1.29 is 26.7 Å². The molecule has 9 aliphatic rings. The number of aromatic nitrogens is 26. The number of hydrogen-bond acceptors (Lipinski definition) is 18. The molecule has 10 aromatic rings. The van der Waals surface area contributed by atoms with Gasteiger partial charge in [0.1, 0.15) is 94.0 Å². The minimum atomic E-state index is -2.79. The molecule has 0 radical (unpaired) electrons. The van der Waals surface area contributed by atoms with Gasteiger partial charge in [-0.25, -0.2) is 18.2 Å². The lowest BCUT2D eigenvalue weighted by atomic mass is 9.92. The average Bonchev–Trinajstić information content (AvgIpc) is 1.56. The fourth-order valence-electron chi connectivity index (χ4n) is 16.6. The second-order valence-corrected chi connectivity index (χ2v) is 35.7. The summed E-state index contributed by atoms with van der Waals surface area (Å²) in [6, 6.07) is 4.54. The van der Waals surface area contributed by atoms with Crippen molar-refractivity contribution in [2.75, 3.05) is 6.61 Å². The Kier molecular flexibility index (Phi) is 29.2. The van der Waals surface area contributed by atoms with Crippen molar-refractivity contribution in [3.63, 3.8) is 0 Å². The number of hydrogen-bond donors (Lipinski definition) is 0. The third-order valence-electron chi connectivity index (χ3n) is 22.6. The van der Waals surface area contributed by atoms with Crippen LogP contribution < -0.4 is 0 Å². The Bertz CT molecular complexity index is 4440. The number of fused-ring (bicyclic) bond motifs is 11. The number of halogens is 5. The zero-order valence-corrected chi connectivity index (χ0v) is 72.7. The Morgan fingerprint density at radius 1 is 0.405 bits per heavy atom. The number of pyridine rings is 1. The van der Waals surface area contributed by atoms with E-state index in [1.54, 1.807) is 13.7 Å². The van der Waals surface area contributed by atoms with Gasteiger partial charge in [0.2, 0.25) is 0 Å². The van der Waals surface area contributed by atoms with Crippen LogP contribution >= 0.6 is 0 Å². The summed E-state index contributed by atoms with van der Waals surface area (Å²) in [4.78, 5) is 4.48. The largest absolute Gasteiger partial charge is 0.372 e. The summed E-state index contributed by atoms with van der Waals surface area (Å²) < 4.78 is 90.2. The van der Waals surface area contributed by atoms with Gasteiger partial charge < -0.3 is 23.0 Å². The van der Waals surface area contributed by atoms with Gasteiger partial charge in [-0.2, -0.15) is 8.78 Å². The normalized spacial score (nSPS) is 20.7. The molecule has 1 aliphatic carbocycles. The number of aryl methyl sites for hydroxylation is 6. The van der Waals surface area contributed by atoms with Gasteiger partial charge in [-0.3, -0.25) is 22.7 Å². The highest BCUT2D eigenvalue weighted by Crippen LogP contribution is 2.53. The van der Waals surface area contributed by atoms with Crippen molar-refractivity contribution in [1.29, 1.82) is 0 Å². The van der Waals surface area contributed by atoms with Gasteiger partial charge in [0, 0.05) is 140 Å². The van der Waals surface area contributed by atoms with E-state index in [1.165, 1.54) is 61.7 Å². The molecule has 116 heavy (non-hydrogen) atoms. The maximum Gasteiger partial charge on any atom is 0.331 e. The van der Waals surface area contributed by atoms with Crippen LogP contribution in [0.1, 0.15) is 412 Å². The Balaban J connectivity index is 0.000000128. The van der Waals surface area contributed by atoms with E-state index in [-0.39, 0.29) is 35.6 Å². The van der Waals surface area contributed by atoms with Crippen LogP contribution in [0.4, 0.5) is 22.0 Å². The van der Waals surface area contributed by atoms with Crippen molar-refractivity contribution in [3.05, 3.63) is 129 Å². The summed E-state index contributed by atoms with van der Waals surface area (Å²) in [6.45, 7) is 46.6. The first-order valence-electron chi connectivity index (χ1n) is 43.0. The minimum absolute atomic E-state index is 0.0137. The standard InChI is InChI=1S/C11H19N3.C10H17N3.C10H14N2.C9H13F2N3.3C9H14FN3.C9H11N3.C8H13N3O/c1-8(2)10-13-12-9-6-5-7-11(3,4)14(9)10;1-7(2)10-12-11-9-6-4-5-8(3)13(9)10;1-6(2)10-11-5-8-3-7-4-9(7)12(8)10;1-6(2)8-13-12-7-4-3-5-9(10,11)14(7)8;3*1-6(2)9-12-11-8-5-3-4-7(10)13(8)9;1-7(2)9-11-10-8-5-3-4-6-12(8)9;1-6(2)8-10-9-7-5-12-4-3-11(7)8/h8H,5-7H2,1-4H3;7-8H,4-6H2,1-3H3;5-7,9H,3-4H2,1-2H3;6H,3-5H2,1-2H3;3*6-7H,3-5H2,1-2H3;3-7H,1-2H3;6H,3-5H2,1-2H3/t;8-;;;2*7-;;;/m.0..10.../s1. The van der Waals surface area contributed by atoms with Crippen molar-refractivity contribution in [1.82, 2.24) is 128 Å². The van der Waals surface area contributed by atoms with Gasteiger partial charge >= 0.3 is 6.05 Å². The van der Waals surface area contributed by atoms with E-state index < -0.39 is 24.9 Å². The molecule has 3 unspecified atom stereocenters. The maximum absolute atomic E-state index is 13.5. The van der Waals surface area contributed by atoms with Crippen LogP contribution in [0.2, 0.25) is 0 Å². The van der Waals surface area contributed by atoms with Crippen LogP contribution in [0.5, 0.6) is 0 Å². The molecule has 27 nitrogen and oxygen atoms in total. The summed E-state index contributed by atoms with van der Waals surface area (Å²) in [6.07, 6.45) is 19.3. The lowest BCUT2D eigenvalue weighted by Gasteiger charge is -2.34. The first kappa shape index (κ1) is 88.2. The molecule has 0 N–H and O–H groups in total. The van der Waals surface area contributed by atoms with Gasteiger partial charge in [-0.1, -0.05) is 131 Å². The number of ether oxygens (including phenoxy) is 1. The molecule has 19 rings (SSSR count). The smallest absolute Gasteiger partial charge is 0.331 e. The Labute approximate surface area is 681 Å². The second kappa shape index (κ2) is 38.4. The molecular formula is C84H129F5N26O. The van der Waals surface area contributed by atoms with Gasteiger partial charge in [0.25, 0.3) is 0 Å².